The molecule has 2 unspecified atom stereocenters. The second-order valence-electron chi connectivity index (χ2n) is 3.75. The first-order valence-electron chi connectivity index (χ1n) is 6.13. The lowest BCUT2D eigenvalue weighted by molar-refractivity contribution is 0.912. The van der Waals surface area contributed by atoms with Crippen LogP contribution in [0.2, 0.25) is 0 Å². The molecule has 0 radical (unpaired) electrons. The molecular weight excluding hydrogens is 276 g/mol. The van der Waals surface area contributed by atoms with E-state index in [4.69, 9.17) is 0 Å². The fraction of sp³-hybridized carbons (Fsp3) is 0.467. The van der Waals surface area contributed by atoms with Crippen LogP contribution in [-0.4, -0.2) is 27.8 Å². The molecule has 3 heteroatoms. The Labute approximate surface area is 126 Å². The van der Waals surface area contributed by atoms with Gasteiger partial charge < -0.3 is 0 Å². The predicted molar refractivity (Wildman–Crippen MR) is 95.3 cm³/mol. The van der Waals surface area contributed by atoms with Crippen molar-refractivity contribution in [1.82, 2.24) is 0 Å². The van der Waals surface area contributed by atoms with Crippen LogP contribution in [0.25, 0.3) is 0 Å². The van der Waals surface area contributed by atoms with E-state index in [1.54, 1.807) is 0 Å². The minimum absolute atomic E-state index is 0.244. The quantitative estimate of drug-likeness (QED) is 0.305. The van der Waals surface area contributed by atoms with E-state index in [0.717, 1.165) is 30.1 Å². The SMILES string of the molecule is C=CCCSCC=CCC(SCC=C)C(S)C=C. The molecule has 0 saturated carbocycles. The third-order valence-electron chi connectivity index (χ3n) is 2.27. The highest BCUT2D eigenvalue weighted by atomic mass is 32.2. The zero-order valence-electron chi connectivity index (χ0n) is 11.0. The van der Waals surface area contributed by atoms with E-state index in [1.807, 2.05) is 41.8 Å². The maximum Gasteiger partial charge on any atom is 0.0316 e. The van der Waals surface area contributed by atoms with Crippen LogP contribution in [0.3, 0.4) is 0 Å². The number of allylic oxidation sites excluding steroid dienone is 2. The summed E-state index contributed by atoms with van der Waals surface area (Å²) < 4.78 is 0. The summed E-state index contributed by atoms with van der Waals surface area (Å²) in [5.74, 6) is 3.21. The third kappa shape index (κ3) is 9.98. The first-order valence-corrected chi connectivity index (χ1v) is 8.85. The Morgan fingerprint density at radius 2 is 1.83 bits per heavy atom. The van der Waals surface area contributed by atoms with Crippen LogP contribution in [0.4, 0.5) is 0 Å². The zero-order valence-corrected chi connectivity index (χ0v) is 13.5. The Morgan fingerprint density at radius 3 is 2.44 bits per heavy atom. The van der Waals surface area contributed by atoms with Crippen LogP contribution >= 0.6 is 36.2 Å². The fourth-order valence-corrected chi connectivity index (χ4v) is 3.36. The molecular formula is C15H24S3. The largest absolute Gasteiger partial charge is 0.171 e. The summed E-state index contributed by atoms with van der Waals surface area (Å²) in [6.07, 6.45) is 12.5. The molecule has 0 spiro atoms. The highest BCUT2D eigenvalue weighted by Gasteiger charge is 2.13. The normalized spacial score (nSPS) is 14.3. The van der Waals surface area contributed by atoms with Crippen LogP contribution < -0.4 is 0 Å². The summed E-state index contributed by atoms with van der Waals surface area (Å²) in [6.45, 7) is 11.3. The molecule has 0 aromatic heterocycles. The van der Waals surface area contributed by atoms with Crippen molar-refractivity contribution < 1.29 is 0 Å². The topological polar surface area (TPSA) is 0 Å². The van der Waals surface area contributed by atoms with E-state index in [1.165, 1.54) is 0 Å². The van der Waals surface area contributed by atoms with Crippen LogP contribution in [0.5, 0.6) is 0 Å². The van der Waals surface area contributed by atoms with Gasteiger partial charge in [0.1, 0.15) is 0 Å². The summed E-state index contributed by atoms with van der Waals surface area (Å²) in [4.78, 5) is 0. The maximum absolute atomic E-state index is 4.55. The van der Waals surface area contributed by atoms with Gasteiger partial charge in [0.2, 0.25) is 0 Å². The van der Waals surface area contributed by atoms with Gasteiger partial charge in [-0.1, -0.05) is 30.4 Å². The van der Waals surface area contributed by atoms with Gasteiger partial charge in [0, 0.05) is 22.0 Å². The molecule has 0 N–H and O–H groups in total. The van der Waals surface area contributed by atoms with Gasteiger partial charge in [0.15, 0.2) is 0 Å². The lowest BCUT2D eigenvalue weighted by Crippen LogP contribution is -2.14. The van der Waals surface area contributed by atoms with Gasteiger partial charge in [-0.3, -0.25) is 0 Å². The van der Waals surface area contributed by atoms with Crippen molar-refractivity contribution >= 4 is 36.2 Å². The van der Waals surface area contributed by atoms with Crippen molar-refractivity contribution in [2.75, 3.05) is 17.3 Å². The first kappa shape index (κ1) is 18.0. The van der Waals surface area contributed by atoms with E-state index in [-0.39, 0.29) is 5.25 Å². The molecule has 0 aromatic carbocycles. The van der Waals surface area contributed by atoms with E-state index in [0.29, 0.717) is 5.25 Å². The van der Waals surface area contributed by atoms with Gasteiger partial charge in [0.25, 0.3) is 0 Å². The summed E-state index contributed by atoms with van der Waals surface area (Å²) in [5.41, 5.74) is 0. The van der Waals surface area contributed by atoms with E-state index in [9.17, 15) is 0 Å². The predicted octanol–water partition coefficient (Wildman–Crippen LogP) is 5.01. The molecule has 0 aliphatic rings. The van der Waals surface area contributed by atoms with Crippen molar-refractivity contribution in [3.05, 3.63) is 50.1 Å². The molecule has 0 rings (SSSR count). The monoisotopic (exact) mass is 300 g/mol. The third-order valence-corrected chi connectivity index (χ3v) is 5.33. The van der Waals surface area contributed by atoms with Gasteiger partial charge in [-0.2, -0.15) is 36.2 Å². The van der Waals surface area contributed by atoms with Crippen molar-refractivity contribution in [2.45, 2.75) is 23.3 Å². The van der Waals surface area contributed by atoms with E-state index in [2.05, 4.69) is 44.5 Å². The summed E-state index contributed by atoms with van der Waals surface area (Å²) in [5, 5.41) is 0.728. The molecule has 0 aromatic rings. The number of hydrogen-bond acceptors (Lipinski definition) is 3. The molecule has 0 heterocycles. The lowest BCUT2D eigenvalue weighted by Gasteiger charge is -2.17. The highest BCUT2D eigenvalue weighted by molar-refractivity contribution is 8.00. The van der Waals surface area contributed by atoms with Crippen LogP contribution in [0.1, 0.15) is 12.8 Å². The molecule has 2 atom stereocenters. The molecule has 0 bridgehead atoms. The molecule has 0 fully saturated rings. The number of hydrogen-bond donors (Lipinski definition) is 1. The lowest BCUT2D eigenvalue weighted by atomic mass is 10.2. The second-order valence-corrected chi connectivity index (χ2v) is 6.76. The van der Waals surface area contributed by atoms with Crippen LogP contribution in [0.15, 0.2) is 50.1 Å². The number of thioether (sulfide) groups is 2. The molecule has 102 valence electrons. The molecule has 0 aliphatic heterocycles. The van der Waals surface area contributed by atoms with Gasteiger partial charge >= 0.3 is 0 Å². The first-order chi connectivity index (χ1) is 8.76. The Balaban J connectivity index is 3.85. The standard InChI is InChI=1S/C15H24S3/c1-4-7-12-17-13-9-8-10-15(14(16)6-3)18-11-5-2/h4-6,8-9,14-16H,1-3,7,10-13H2. The second kappa shape index (κ2) is 13.4. The highest BCUT2D eigenvalue weighted by Crippen LogP contribution is 2.23. The summed E-state index contributed by atoms with van der Waals surface area (Å²) >= 11 is 8.38. The van der Waals surface area contributed by atoms with Crippen LogP contribution in [0, 0.1) is 0 Å². The molecule has 0 saturated heterocycles. The smallest absolute Gasteiger partial charge is 0.0316 e. The molecule has 0 nitrogen and oxygen atoms in total. The van der Waals surface area contributed by atoms with Gasteiger partial charge in [-0.05, 0) is 18.6 Å². The number of rotatable bonds is 12. The Morgan fingerprint density at radius 1 is 1.06 bits per heavy atom. The Hall–Kier alpha value is 0.01000. The van der Waals surface area contributed by atoms with Gasteiger partial charge in [0.05, 0.1) is 0 Å². The Kier molecular flexibility index (Phi) is 13.4. The van der Waals surface area contributed by atoms with E-state index < -0.39 is 0 Å². The molecule has 0 aliphatic carbocycles. The molecule has 18 heavy (non-hydrogen) atoms. The summed E-state index contributed by atoms with van der Waals surface area (Å²) in [6, 6.07) is 0. The Bertz CT molecular complexity index is 258. The molecule has 0 amide bonds. The number of thiol groups is 1. The van der Waals surface area contributed by atoms with E-state index >= 15 is 0 Å². The van der Waals surface area contributed by atoms with Crippen LogP contribution in [-0.2, 0) is 0 Å². The van der Waals surface area contributed by atoms with Crippen molar-refractivity contribution in [1.29, 1.82) is 0 Å². The van der Waals surface area contributed by atoms with Crippen molar-refractivity contribution in [3.63, 3.8) is 0 Å². The maximum atomic E-state index is 4.55. The van der Waals surface area contributed by atoms with Crippen molar-refractivity contribution in [2.24, 2.45) is 0 Å². The van der Waals surface area contributed by atoms with Gasteiger partial charge in [-0.25, -0.2) is 0 Å². The van der Waals surface area contributed by atoms with Crippen molar-refractivity contribution in [3.8, 4) is 0 Å². The minimum Gasteiger partial charge on any atom is -0.171 e. The summed E-state index contributed by atoms with van der Waals surface area (Å²) in [7, 11) is 0. The van der Waals surface area contributed by atoms with Gasteiger partial charge in [-0.15, -0.1) is 19.7 Å². The zero-order chi connectivity index (χ0) is 13.6. The average molecular weight is 301 g/mol. The average Bonchev–Trinajstić information content (AvgIpc) is 2.40. The fourth-order valence-electron chi connectivity index (χ4n) is 1.27. The minimum atomic E-state index is 0.244.